The average molecular weight is 292 g/mol. The molecule has 0 saturated carbocycles. The SMILES string of the molecule is COC[C@@H]1CCCN1C(=O)c1cn2c(n1)CCN(C)CC2. The number of imidazole rings is 1. The topological polar surface area (TPSA) is 50.6 Å². The fraction of sp³-hybridized carbons (Fsp3) is 0.733. The average Bonchev–Trinajstić information content (AvgIpc) is 3.06. The molecule has 3 heterocycles. The summed E-state index contributed by atoms with van der Waals surface area (Å²) in [6, 6.07) is 0.204. The number of likely N-dealkylation sites (tertiary alicyclic amines) is 1. The number of amides is 1. The van der Waals surface area contributed by atoms with Crippen molar-refractivity contribution >= 4 is 5.91 Å². The first-order chi connectivity index (χ1) is 10.2. The normalized spacial score (nSPS) is 23.1. The van der Waals surface area contributed by atoms with Crippen molar-refractivity contribution in [1.29, 1.82) is 0 Å². The summed E-state index contributed by atoms with van der Waals surface area (Å²) in [5, 5.41) is 0. The van der Waals surface area contributed by atoms with Gasteiger partial charge < -0.3 is 19.1 Å². The third-order valence-electron chi connectivity index (χ3n) is 4.52. The van der Waals surface area contributed by atoms with E-state index >= 15 is 0 Å². The van der Waals surface area contributed by atoms with Gasteiger partial charge in [0.2, 0.25) is 0 Å². The molecule has 0 N–H and O–H groups in total. The van der Waals surface area contributed by atoms with Crippen LogP contribution in [0.3, 0.4) is 0 Å². The summed E-state index contributed by atoms with van der Waals surface area (Å²) >= 11 is 0. The molecule has 116 valence electrons. The van der Waals surface area contributed by atoms with E-state index in [-0.39, 0.29) is 11.9 Å². The number of carbonyl (C=O) groups is 1. The maximum absolute atomic E-state index is 12.7. The number of rotatable bonds is 3. The molecule has 0 aromatic carbocycles. The van der Waals surface area contributed by atoms with Crippen molar-refractivity contribution in [3.8, 4) is 0 Å². The van der Waals surface area contributed by atoms with Gasteiger partial charge in [0.25, 0.3) is 5.91 Å². The van der Waals surface area contributed by atoms with Crippen LogP contribution in [0.15, 0.2) is 6.20 Å². The summed E-state index contributed by atoms with van der Waals surface area (Å²) in [5.74, 6) is 1.09. The van der Waals surface area contributed by atoms with Gasteiger partial charge in [0.1, 0.15) is 11.5 Å². The fourth-order valence-corrected chi connectivity index (χ4v) is 3.25. The molecule has 0 spiro atoms. The lowest BCUT2D eigenvalue weighted by molar-refractivity contribution is 0.0625. The lowest BCUT2D eigenvalue weighted by Gasteiger charge is -2.23. The number of carbonyl (C=O) groups excluding carboxylic acids is 1. The highest BCUT2D eigenvalue weighted by molar-refractivity contribution is 5.92. The van der Waals surface area contributed by atoms with Crippen LogP contribution in [0.4, 0.5) is 0 Å². The maximum atomic E-state index is 12.7. The van der Waals surface area contributed by atoms with E-state index in [4.69, 9.17) is 4.74 Å². The van der Waals surface area contributed by atoms with E-state index in [0.717, 1.165) is 51.3 Å². The highest BCUT2D eigenvalue weighted by Crippen LogP contribution is 2.20. The molecule has 3 rings (SSSR count). The second-order valence-corrected chi connectivity index (χ2v) is 6.04. The Labute approximate surface area is 125 Å². The van der Waals surface area contributed by atoms with Crippen molar-refractivity contribution in [3.05, 3.63) is 17.7 Å². The smallest absolute Gasteiger partial charge is 0.274 e. The van der Waals surface area contributed by atoms with Crippen molar-refractivity contribution in [2.24, 2.45) is 0 Å². The quantitative estimate of drug-likeness (QED) is 0.819. The number of methoxy groups -OCH3 is 1. The van der Waals surface area contributed by atoms with Crippen LogP contribution >= 0.6 is 0 Å². The van der Waals surface area contributed by atoms with Gasteiger partial charge in [0, 0.05) is 45.9 Å². The second-order valence-electron chi connectivity index (χ2n) is 6.04. The van der Waals surface area contributed by atoms with Crippen LogP contribution in [0.2, 0.25) is 0 Å². The Balaban J connectivity index is 1.75. The van der Waals surface area contributed by atoms with E-state index < -0.39 is 0 Å². The molecule has 2 aliphatic rings. The van der Waals surface area contributed by atoms with Crippen LogP contribution in [0.5, 0.6) is 0 Å². The number of fused-ring (bicyclic) bond motifs is 1. The minimum absolute atomic E-state index is 0.0588. The maximum Gasteiger partial charge on any atom is 0.274 e. The van der Waals surface area contributed by atoms with Crippen LogP contribution in [0.1, 0.15) is 29.2 Å². The molecular formula is C15H24N4O2. The zero-order chi connectivity index (χ0) is 14.8. The highest BCUT2D eigenvalue weighted by Gasteiger charge is 2.31. The first kappa shape index (κ1) is 14.5. The number of aromatic nitrogens is 2. The fourth-order valence-electron chi connectivity index (χ4n) is 3.25. The first-order valence-corrected chi connectivity index (χ1v) is 7.73. The van der Waals surface area contributed by atoms with Crippen LogP contribution in [-0.4, -0.2) is 71.7 Å². The Kier molecular flexibility index (Phi) is 4.26. The zero-order valence-electron chi connectivity index (χ0n) is 12.9. The van der Waals surface area contributed by atoms with Crippen LogP contribution in [0, 0.1) is 0 Å². The van der Waals surface area contributed by atoms with Crippen molar-refractivity contribution in [2.45, 2.75) is 31.8 Å². The van der Waals surface area contributed by atoms with Crippen LogP contribution in [0.25, 0.3) is 0 Å². The molecule has 6 heteroatoms. The van der Waals surface area contributed by atoms with E-state index in [0.29, 0.717) is 12.3 Å². The monoisotopic (exact) mass is 292 g/mol. The Morgan fingerprint density at radius 1 is 1.38 bits per heavy atom. The van der Waals surface area contributed by atoms with Gasteiger partial charge in [-0.1, -0.05) is 0 Å². The largest absolute Gasteiger partial charge is 0.383 e. The molecule has 1 atom stereocenters. The van der Waals surface area contributed by atoms with Gasteiger partial charge in [-0.3, -0.25) is 4.79 Å². The molecule has 0 unspecified atom stereocenters. The van der Waals surface area contributed by atoms with Gasteiger partial charge in [-0.15, -0.1) is 0 Å². The molecule has 0 bridgehead atoms. The number of ether oxygens (including phenoxy) is 1. The van der Waals surface area contributed by atoms with Crippen LogP contribution < -0.4 is 0 Å². The molecule has 1 amide bonds. The summed E-state index contributed by atoms with van der Waals surface area (Å²) < 4.78 is 7.36. The molecule has 0 radical (unpaired) electrons. The Morgan fingerprint density at radius 3 is 3.05 bits per heavy atom. The van der Waals surface area contributed by atoms with Gasteiger partial charge in [-0.25, -0.2) is 4.98 Å². The molecule has 2 aliphatic heterocycles. The van der Waals surface area contributed by atoms with Gasteiger partial charge in [-0.05, 0) is 19.9 Å². The Morgan fingerprint density at radius 2 is 2.24 bits per heavy atom. The lowest BCUT2D eigenvalue weighted by Crippen LogP contribution is -2.38. The first-order valence-electron chi connectivity index (χ1n) is 7.73. The van der Waals surface area contributed by atoms with E-state index in [1.54, 1.807) is 7.11 Å². The van der Waals surface area contributed by atoms with Gasteiger partial charge in [0.05, 0.1) is 12.6 Å². The number of hydrogen-bond donors (Lipinski definition) is 0. The van der Waals surface area contributed by atoms with E-state index in [1.165, 1.54) is 0 Å². The standard InChI is InChI=1S/C15H24N4O2/c1-17-7-5-14-16-13(10-18(14)9-8-17)15(20)19-6-3-4-12(19)11-21-2/h10,12H,3-9,11H2,1-2H3/t12-/m0/s1. The summed E-state index contributed by atoms with van der Waals surface area (Å²) in [7, 11) is 3.81. The van der Waals surface area contributed by atoms with E-state index in [9.17, 15) is 4.79 Å². The third kappa shape index (κ3) is 2.96. The molecule has 1 fully saturated rings. The molecule has 6 nitrogen and oxygen atoms in total. The van der Waals surface area contributed by atoms with Crippen molar-refractivity contribution in [3.63, 3.8) is 0 Å². The molecular weight excluding hydrogens is 268 g/mol. The summed E-state index contributed by atoms with van der Waals surface area (Å²) in [5.41, 5.74) is 0.595. The molecule has 0 aliphatic carbocycles. The molecule has 1 aromatic heterocycles. The lowest BCUT2D eigenvalue weighted by atomic mass is 10.2. The minimum Gasteiger partial charge on any atom is -0.383 e. The van der Waals surface area contributed by atoms with Crippen LogP contribution in [-0.2, 0) is 17.7 Å². The number of nitrogens with zero attached hydrogens (tertiary/aromatic N) is 4. The minimum atomic E-state index is 0.0588. The van der Waals surface area contributed by atoms with E-state index in [1.807, 2.05) is 11.1 Å². The summed E-state index contributed by atoms with van der Waals surface area (Å²) in [4.78, 5) is 21.5. The number of likely N-dealkylation sites (N-methyl/N-ethyl adjacent to an activating group) is 1. The van der Waals surface area contributed by atoms with Crippen molar-refractivity contribution < 1.29 is 9.53 Å². The van der Waals surface area contributed by atoms with Gasteiger partial charge in [0.15, 0.2) is 0 Å². The van der Waals surface area contributed by atoms with Gasteiger partial charge >= 0.3 is 0 Å². The van der Waals surface area contributed by atoms with Crippen molar-refractivity contribution in [1.82, 2.24) is 19.4 Å². The predicted octanol–water partition coefficient (Wildman–Crippen LogP) is 0.622. The predicted molar refractivity (Wildman–Crippen MR) is 79.4 cm³/mol. The Hall–Kier alpha value is -1.40. The molecule has 1 saturated heterocycles. The number of hydrogen-bond acceptors (Lipinski definition) is 4. The zero-order valence-corrected chi connectivity index (χ0v) is 12.9. The second kappa shape index (κ2) is 6.15. The third-order valence-corrected chi connectivity index (χ3v) is 4.52. The highest BCUT2D eigenvalue weighted by atomic mass is 16.5. The summed E-state index contributed by atoms with van der Waals surface area (Å²) in [6.07, 6.45) is 4.92. The summed E-state index contributed by atoms with van der Waals surface area (Å²) in [6.45, 7) is 4.35. The van der Waals surface area contributed by atoms with E-state index in [2.05, 4.69) is 21.5 Å². The molecule has 21 heavy (non-hydrogen) atoms. The van der Waals surface area contributed by atoms with Gasteiger partial charge in [-0.2, -0.15) is 0 Å². The molecule has 1 aromatic rings. The Bertz CT molecular complexity index is 488. The van der Waals surface area contributed by atoms with Crippen molar-refractivity contribution in [2.75, 3.05) is 40.4 Å².